The molecule has 1 saturated heterocycles. The van der Waals surface area contributed by atoms with Gasteiger partial charge in [0.25, 0.3) is 0 Å². The molecule has 0 radical (unpaired) electrons. The molecule has 0 bridgehead atoms. The van der Waals surface area contributed by atoms with Gasteiger partial charge in [-0.05, 0) is 52.0 Å². The van der Waals surface area contributed by atoms with E-state index in [0.717, 1.165) is 0 Å². The van der Waals surface area contributed by atoms with Gasteiger partial charge in [-0.15, -0.1) is 0 Å². The van der Waals surface area contributed by atoms with Crippen molar-refractivity contribution in [2.45, 2.75) is 38.9 Å². The average molecular weight is 393 g/mol. The Morgan fingerprint density at radius 1 is 0.889 bits per heavy atom. The van der Waals surface area contributed by atoms with E-state index >= 15 is 0 Å². The lowest BCUT2D eigenvalue weighted by molar-refractivity contribution is 0.00578. The van der Waals surface area contributed by atoms with Gasteiger partial charge in [-0.1, -0.05) is 11.6 Å². The van der Waals surface area contributed by atoms with Crippen LogP contribution in [0.2, 0.25) is 5.02 Å². The monoisotopic (exact) mass is 392 g/mol. The summed E-state index contributed by atoms with van der Waals surface area (Å²) in [5.41, 5.74) is 0.595. The molecule has 4 nitrogen and oxygen atoms in total. The third-order valence-electron chi connectivity index (χ3n) is 5.28. The maximum Gasteiger partial charge on any atom is 0.498 e. The molecule has 0 atom stereocenters. The molecule has 1 aliphatic heterocycles. The zero-order valence-electron chi connectivity index (χ0n) is 16.4. The fourth-order valence-corrected chi connectivity index (χ4v) is 3.15. The SMILES string of the molecule is COc1cc(OC)c(-c2ccc(Cl)cc2F)cc1B1OC(C)(C)C(C)(C)O1. The lowest BCUT2D eigenvalue weighted by Gasteiger charge is -2.32. The Kier molecular flexibility index (Phi) is 5.19. The molecule has 0 aliphatic carbocycles. The van der Waals surface area contributed by atoms with Gasteiger partial charge in [-0.25, -0.2) is 4.39 Å². The van der Waals surface area contributed by atoms with Crippen molar-refractivity contribution in [3.63, 3.8) is 0 Å². The molecule has 0 amide bonds. The highest BCUT2D eigenvalue weighted by Gasteiger charge is 2.52. The van der Waals surface area contributed by atoms with E-state index in [9.17, 15) is 4.39 Å². The second-order valence-electron chi connectivity index (χ2n) is 7.51. The van der Waals surface area contributed by atoms with E-state index in [1.54, 1.807) is 31.4 Å². The molecule has 0 spiro atoms. The Balaban J connectivity index is 2.15. The first-order valence-electron chi connectivity index (χ1n) is 8.66. The van der Waals surface area contributed by atoms with Gasteiger partial charge < -0.3 is 18.8 Å². The zero-order valence-corrected chi connectivity index (χ0v) is 17.1. The van der Waals surface area contributed by atoms with Gasteiger partial charge in [0.05, 0.1) is 25.4 Å². The highest BCUT2D eigenvalue weighted by molar-refractivity contribution is 6.63. The minimum absolute atomic E-state index is 0.329. The van der Waals surface area contributed by atoms with E-state index in [4.69, 9.17) is 30.4 Å². The molecule has 27 heavy (non-hydrogen) atoms. The van der Waals surface area contributed by atoms with Gasteiger partial charge >= 0.3 is 7.12 Å². The van der Waals surface area contributed by atoms with Gasteiger partial charge in [-0.2, -0.15) is 0 Å². The van der Waals surface area contributed by atoms with Crippen LogP contribution in [0.15, 0.2) is 30.3 Å². The lowest BCUT2D eigenvalue weighted by atomic mass is 9.76. The highest BCUT2D eigenvalue weighted by Crippen LogP contribution is 2.39. The van der Waals surface area contributed by atoms with Crippen LogP contribution in [0, 0.1) is 5.82 Å². The molecule has 0 N–H and O–H groups in total. The standard InChI is InChI=1S/C20H23BClFO4/c1-19(2)20(3,4)27-21(26-19)15-10-14(17(24-5)11-18(15)25-6)13-8-7-12(22)9-16(13)23/h7-11H,1-6H3. The van der Waals surface area contributed by atoms with Crippen molar-refractivity contribution in [1.82, 2.24) is 0 Å². The molecule has 144 valence electrons. The molecule has 0 unspecified atom stereocenters. The summed E-state index contributed by atoms with van der Waals surface area (Å²) in [6, 6.07) is 8.03. The fourth-order valence-electron chi connectivity index (χ4n) is 3.00. The normalized spacial score (nSPS) is 17.9. The largest absolute Gasteiger partial charge is 0.498 e. The lowest BCUT2D eigenvalue weighted by Crippen LogP contribution is -2.41. The number of ether oxygens (including phenoxy) is 2. The van der Waals surface area contributed by atoms with Crippen LogP contribution in [0.5, 0.6) is 11.5 Å². The molecule has 7 heteroatoms. The summed E-state index contributed by atoms with van der Waals surface area (Å²) in [7, 11) is 2.44. The van der Waals surface area contributed by atoms with Crippen LogP contribution in [-0.2, 0) is 9.31 Å². The van der Waals surface area contributed by atoms with E-state index in [-0.39, 0.29) is 0 Å². The van der Waals surface area contributed by atoms with Crippen LogP contribution < -0.4 is 14.9 Å². The molecule has 0 aromatic heterocycles. The minimum Gasteiger partial charge on any atom is -0.497 e. The molecular weight excluding hydrogens is 369 g/mol. The number of benzene rings is 2. The first-order chi connectivity index (χ1) is 12.6. The fraction of sp³-hybridized carbons (Fsp3) is 0.400. The predicted molar refractivity (Wildman–Crippen MR) is 106 cm³/mol. The Bertz CT molecular complexity index is 853. The quantitative estimate of drug-likeness (QED) is 0.720. The summed E-state index contributed by atoms with van der Waals surface area (Å²) < 4.78 is 37.8. The van der Waals surface area contributed by atoms with Crippen LogP contribution in [0.4, 0.5) is 4.39 Å². The predicted octanol–water partition coefficient (Wildman–Crippen LogP) is 4.46. The van der Waals surface area contributed by atoms with Crippen molar-refractivity contribution >= 4 is 24.2 Å². The van der Waals surface area contributed by atoms with E-state index < -0.39 is 24.1 Å². The van der Waals surface area contributed by atoms with Gasteiger partial charge in [0, 0.05) is 27.7 Å². The van der Waals surface area contributed by atoms with Gasteiger partial charge in [0.1, 0.15) is 17.3 Å². The minimum atomic E-state index is -0.648. The number of methoxy groups -OCH3 is 2. The van der Waals surface area contributed by atoms with Crippen molar-refractivity contribution in [3.05, 3.63) is 41.2 Å². The Morgan fingerprint density at radius 3 is 2.00 bits per heavy atom. The summed E-state index contributed by atoms with van der Waals surface area (Å²) in [6.45, 7) is 7.90. The molecule has 2 aromatic carbocycles. The van der Waals surface area contributed by atoms with Gasteiger partial charge in [0.2, 0.25) is 0 Å². The number of rotatable bonds is 4. The summed E-state index contributed by atoms with van der Waals surface area (Å²) in [5.74, 6) is 0.586. The molecule has 1 aliphatic rings. The van der Waals surface area contributed by atoms with E-state index in [1.165, 1.54) is 13.2 Å². The number of halogens is 2. The summed E-state index contributed by atoms with van der Waals surface area (Å²) in [4.78, 5) is 0. The molecule has 3 rings (SSSR count). The smallest absolute Gasteiger partial charge is 0.497 e. The van der Waals surface area contributed by atoms with E-state index in [1.807, 2.05) is 27.7 Å². The number of hydrogen-bond donors (Lipinski definition) is 0. The van der Waals surface area contributed by atoms with Crippen molar-refractivity contribution in [2.24, 2.45) is 0 Å². The first-order valence-corrected chi connectivity index (χ1v) is 9.04. The number of hydrogen-bond acceptors (Lipinski definition) is 4. The van der Waals surface area contributed by atoms with Crippen LogP contribution in [-0.4, -0.2) is 32.5 Å². The summed E-state index contributed by atoms with van der Waals surface area (Å²) in [6.07, 6.45) is 0. The highest BCUT2D eigenvalue weighted by atomic mass is 35.5. The second kappa shape index (κ2) is 7.00. The van der Waals surface area contributed by atoms with Crippen LogP contribution in [0.1, 0.15) is 27.7 Å². The molecule has 1 fully saturated rings. The topological polar surface area (TPSA) is 36.9 Å². The Hall–Kier alpha value is -1.76. The molecule has 1 heterocycles. The third-order valence-corrected chi connectivity index (χ3v) is 5.52. The van der Waals surface area contributed by atoms with Crippen LogP contribution in [0.3, 0.4) is 0 Å². The Morgan fingerprint density at radius 2 is 1.48 bits per heavy atom. The average Bonchev–Trinajstić information content (AvgIpc) is 2.81. The molecule has 2 aromatic rings. The van der Waals surface area contributed by atoms with Crippen molar-refractivity contribution in [1.29, 1.82) is 0 Å². The third kappa shape index (κ3) is 3.54. The van der Waals surface area contributed by atoms with E-state index in [0.29, 0.717) is 33.1 Å². The molecular formula is C20H23BClFO4. The van der Waals surface area contributed by atoms with Crippen molar-refractivity contribution in [3.8, 4) is 22.6 Å². The van der Waals surface area contributed by atoms with Crippen LogP contribution in [0.25, 0.3) is 11.1 Å². The zero-order chi connectivity index (χ0) is 20.0. The summed E-state index contributed by atoms with van der Waals surface area (Å²) >= 11 is 5.89. The van der Waals surface area contributed by atoms with Gasteiger partial charge in [-0.3, -0.25) is 0 Å². The van der Waals surface area contributed by atoms with Crippen molar-refractivity contribution < 1.29 is 23.2 Å². The first kappa shape index (κ1) is 20.0. The second-order valence-corrected chi connectivity index (χ2v) is 7.94. The Labute approximate surface area is 164 Å². The van der Waals surface area contributed by atoms with E-state index in [2.05, 4.69) is 0 Å². The van der Waals surface area contributed by atoms with Gasteiger partial charge in [0.15, 0.2) is 0 Å². The van der Waals surface area contributed by atoms with Crippen molar-refractivity contribution in [2.75, 3.05) is 14.2 Å². The maximum atomic E-state index is 14.6. The van der Waals surface area contributed by atoms with Crippen LogP contribution >= 0.6 is 11.6 Å². The summed E-state index contributed by atoms with van der Waals surface area (Å²) in [5, 5.41) is 0.329. The maximum absolute atomic E-state index is 14.6. The molecule has 0 saturated carbocycles.